The molecule has 1 aromatic heterocycles. The summed E-state index contributed by atoms with van der Waals surface area (Å²) in [5.74, 6) is 0.735. The van der Waals surface area contributed by atoms with Crippen molar-refractivity contribution in [2.24, 2.45) is 0 Å². The van der Waals surface area contributed by atoms with E-state index in [1.54, 1.807) is 12.4 Å². The molecule has 2 aromatic rings. The van der Waals surface area contributed by atoms with Gasteiger partial charge in [0.1, 0.15) is 0 Å². The highest BCUT2D eigenvalue weighted by atomic mass is 16.2. The first-order valence-corrected chi connectivity index (χ1v) is 8.96. The van der Waals surface area contributed by atoms with Crippen molar-refractivity contribution in [1.82, 2.24) is 20.6 Å². The van der Waals surface area contributed by atoms with Gasteiger partial charge >= 0.3 is 6.03 Å². The minimum absolute atomic E-state index is 0.0810. The van der Waals surface area contributed by atoms with Crippen LogP contribution in [0.5, 0.6) is 0 Å². The van der Waals surface area contributed by atoms with E-state index in [9.17, 15) is 4.79 Å². The van der Waals surface area contributed by atoms with Crippen LogP contribution in [0.25, 0.3) is 0 Å². The zero-order valence-corrected chi connectivity index (χ0v) is 14.2. The Morgan fingerprint density at radius 2 is 1.92 bits per heavy atom. The quantitative estimate of drug-likeness (QED) is 0.902. The van der Waals surface area contributed by atoms with Crippen molar-refractivity contribution in [3.8, 4) is 0 Å². The summed E-state index contributed by atoms with van der Waals surface area (Å²) in [4.78, 5) is 23.2. The molecule has 0 spiro atoms. The second-order valence-corrected chi connectivity index (χ2v) is 6.74. The van der Waals surface area contributed by atoms with Crippen molar-refractivity contribution in [1.29, 1.82) is 0 Å². The number of aromatic nitrogens is 2. The lowest BCUT2D eigenvalue weighted by Crippen LogP contribution is -2.51. The Morgan fingerprint density at radius 3 is 2.80 bits per heavy atom. The lowest BCUT2D eigenvalue weighted by atomic mass is 10.1. The topological polar surface area (TPSA) is 70.2 Å². The molecular formula is C19H23N5O. The monoisotopic (exact) mass is 337 g/mol. The zero-order chi connectivity index (χ0) is 17.1. The minimum atomic E-state index is -0.0810. The Kier molecular flexibility index (Phi) is 4.50. The summed E-state index contributed by atoms with van der Waals surface area (Å²) in [6, 6.07) is 10.3. The Morgan fingerprint density at radius 1 is 1.08 bits per heavy atom. The molecule has 0 bridgehead atoms. The number of nitrogens with one attached hydrogen (secondary N) is 2. The number of fused-ring (bicyclic) bond motifs is 1. The van der Waals surface area contributed by atoms with E-state index >= 15 is 0 Å². The second kappa shape index (κ2) is 7.09. The maximum atomic E-state index is 12.4. The molecule has 2 unspecified atom stereocenters. The molecule has 25 heavy (non-hydrogen) atoms. The maximum absolute atomic E-state index is 12.4. The van der Waals surface area contributed by atoms with Gasteiger partial charge in [0.25, 0.3) is 0 Å². The Balaban J connectivity index is 1.34. The summed E-state index contributed by atoms with van der Waals surface area (Å²) >= 11 is 0. The molecular weight excluding hydrogens is 314 g/mol. The molecule has 2 heterocycles. The van der Waals surface area contributed by atoms with Crippen molar-refractivity contribution in [2.75, 3.05) is 18.0 Å². The fourth-order valence-corrected chi connectivity index (χ4v) is 3.82. The van der Waals surface area contributed by atoms with Gasteiger partial charge in [-0.2, -0.15) is 0 Å². The number of benzene rings is 1. The molecule has 1 fully saturated rings. The standard InChI is InChI=1S/C19H23N5O/c25-19(23-17-9-8-14-5-1-2-7-16(14)17)22-15-6-3-12-24(13-15)18-20-10-4-11-21-18/h1-2,4-5,7,10-11,15,17H,3,6,8-9,12-13H2,(H2,22,23,25). The van der Waals surface area contributed by atoms with Crippen LogP contribution in [0.15, 0.2) is 42.7 Å². The third-order valence-corrected chi connectivity index (χ3v) is 5.03. The first-order valence-electron chi connectivity index (χ1n) is 8.96. The summed E-state index contributed by atoms with van der Waals surface area (Å²) in [6.07, 6.45) is 7.52. The number of carbonyl (C=O) groups is 1. The van der Waals surface area contributed by atoms with Gasteiger partial charge < -0.3 is 15.5 Å². The molecule has 1 saturated heterocycles. The molecule has 4 rings (SSSR count). The van der Waals surface area contributed by atoms with Crippen molar-refractivity contribution < 1.29 is 4.79 Å². The molecule has 0 radical (unpaired) electrons. The van der Waals surface area contributed by atoms with Crippen molar-refractivity contribution in [3.05, 3.63) is 53.9 Å². The zero-order valence-electron chi connectivity index (χ0n) is 14.2. The number of hydrogen-bond acceptors (Lipinski definition) is 4. The van der Waals surface area contributed by atoms with Crippen LogP contribution in [-0.4, -0.2) is 35.1 Å². The molecule has 2 N–H and O–H groups in total. The number of piperidine rings is 1. The lowest BCUT2D eigenvalue weighted by Gasteiger charge is -2.33. The van der Waals surface area contributed by atoms with Crippen molar-refractivity contribution in [3.63, 3.8) is 0 Å². The smallest absolute Gasteiger partial charge is 0.315 e. The highest BCUT2D eigenvalue weighted by Crippen LogP contribution is 2.30. The van der Waals surface area contributed by atoms with Crippen LogP contribution < -0.4 is 15.5 Å². The number of nitrogens with zero attached hydrogens (tertiary/aromatic N) is 3. The van der Waals surface area contributed by atoms with Gasteiger partial charge in [-0.3, -0.25) is 0 Å². The second-order valence-electron chi connectivity index (χ2n) is 6.74. The van der Waals surface area contributed by atoms with Gasteiger partial charge in [-0.15, -0.1) is 0 Å². The maximum Gasteiger partial charge on any atom is 0.315 e. The SMILES string of the molecule is O=C(NC1CCCN(c2ncccn2)C1)NC1CCc2ccccc21. The summed E-state index contributed by atoms with van der Waals surface area (Å²) in [6.45, 7) is 1.68. The average molecular weight is 337 g/mol. The van der Waals surface area contributed by atoms with Gasteiger partial charge in [0.05, 0.1) is 6.04 Å². The molecule has 1 aliphatic heterocycles. The van der Waals surface area contributed by atoms with E-state index in [0.717, 1.165) is 44.7 Å². The largest absolute Gasteiger partial charge is 0.339 e. The summed E-state index contributed by atoms with van der Waals surface area (Å²) in [5, 5.41) is 6.27. The van der Waals surface area contributed by atoms with E-state index in [0.29, 0.717) is 0 Å². The van der Waals surface area contributed by atoms with Gasteiger partial charge in [0.2, 0.25) is 5.95 Å². The van der Waals surface area contributed by atoms with Crippen LogP contribution in [0, 0.1) is 0 Å². The Bertz CT molecular complexity index is 736. The fourth-order valence-electron chi connectivity index (χ4n) is 3.82. The first kappa shape index (κ1) is 15.9. The van der Waals surface area contributed by atoms with Gasteiger partial charge in [-0.05, 0) is 42.9 Å². The predicted octanol–water partition coefficient (Wildman–Crippen LogP) is 2.43. The number of anilines is 1. The molecule has 1 aliphatic carbocycles. The normalized spacial score (nSPS) is 22.3. The Labute approximate surface area is 147 Å². The van der Waals surface area contributed by atoms with Crippen LogP contribution in [0.4, 0.5) is 10.7 Å². The predicted molar refractivity (Wildman–Crippen MR) is 96.4 cm³/mol. The molecule has 2 atom stereocenters. The number of urea groups is 1. The first-order chi connectivity index (χ1) is 12.3. The minimum Gasteiger partial charge on any atom is -0.339 e. The van der Waals surface area contributed by atoms with Gasteiger partial charge in [0, 0.05) is 31.5 Å². The highest BCUT2D eigenvalue weighted by Gasteiger charge is 2.26. The summed E-state index contributed by atoms with van der Waals surface area (Å²) < 4.78 is 0. The molecule has 130 valence electrons. The van der Waals surface area contributed by atoms with Gasteiger partial charge in [-0.25, -0.2) is 14.8 Å². The highest BCUT2D eigenvalue weighted by molar-refractivity contribution is 5.75. The summed E-state index contributed by atoms with van der Waals surface area (Å²) in [7, 11) is 0. The van der Waals surface area contributed by atoms with Crippen LogP contribution >= 0.6 is 0 Å². The number of amides is 2. The van der Waals surface area contributed by atoms with E-state index in [4.69, 9.17) is 0 Å². The third-order valence-electron chi connectivity index (χ3n) is 5.03. The summed E-state index contributed by atoms with van der Waals surface area (Å²) in [5.41, 5.74) is 2.60. The van der Waals surface area contributed by atoms with Gasteiger partial charge in [0.15, 0.2) is 0 Å². The fraction of sp³-hybridized carbons (Fsp3) is 0.421. The molecule has 6 heteroatoms. The molecule has 6 nitrogen and oxygen atoms in total. The molecule has 2 amide bonds. The van der Waals surface area contributed by atoms with E-state index in [1.807, 2.05) is 12.1 Å². The number of carbonyl (C=O) groups excluding carboxylic acids is 1. The third kappa shape index (κ3) is 3.57. The van der Waals surface area contributed by atoms with Crippen LogP contribution in [0.2, 0.25) is 0 Å². The average Bonchev–Trinajstić information content (AvgIpc) is 3.06. The van der Waals surface area contributed by atoms with Crippen molar-refractivity contribution in [2.45, 2.75) is 37.8 Å². The number of aryl methyl sites for hydroxylation is 1. The van der Waals surface area contributed by atoms with E-state index in [2.05, 4.69) is 43.7 Å². The van der Waals surface area contributed by atoms with Crippen LogP contribution in [0.1, 0.15) is 36.4 Å². The number of rotatable bonds is 3. The molecule has 1 aromatic carbocycles. The van der Waals surface area contributed by atoms with Crippen LogP contribution in [-0.2, 0) is 6.42 Å². The Hall–Kier alpha value is -2.63. The lowest BCUT2D eigenvalue weighted by molar-refractivity contribution is 0.231. The van der Waals surface area contributed by atoms with Crippen molar-refractivity contribution >= 4 is 12.0 Å². The van der Waals surface area contributed by atoms with Gasteiger partial charge in [-0.1, -0.05) is 24.3 Å². The molecule has 0 saturated carbocycles. The van der Waals surface area contributed by atoms with E-state index in [1.165, 1.54) is 11.1 Å². The number of hydrogen-bond donors (Lipinski definition) is 2. The van der Waals surface area contributed by atoms with Crippen LogP contribution in [0.3, 0.4) is 0 Å². The molecule has 2 aliphatic rings. The van der Waals surface area contributed by atoms with E-state index < -0.39 is 0 Å². The van der Waals surface area contributed by atoms with E-state index in [-0.39, 0.29) is 18.1 Å².